The smallest absolute Gasteiger partial charge is 0.323 e. The molecule has 0 spiro atoms. The van der Waals surface area contributed by atoms with Gasteiger partial charge in [0, 0.05) is 18.0 Å². The summed E-state index contributed by atoms with van der Waals surface area (Å²) in [6.45, 7) is 4.32. The molecule has 1 aromatic rings. The van der Waals surface area contributed by atoms with Crippen molar-refractivity contribution in [3.8, 4) is 0 Å². The third-order valence-electron chi connectivity index (χ3n) is 2.73. The maximum atomic E-state index is 11.3. The van der Waals surface area contributed by atoms with Crippen LogP contribution in [0.5, 0.6) is 0 Å². The fourth-order valence-electron chi connectivity index (χ4n) is 1.45. The predicted octanol–water partition coefficient (Wildman–Crippen LogP) is 1.09. The number of H-pyrrole nitrogens is 1. The van der Waals surface area contributed by atoms with Gasteiger partial charge in [0.05, 0.1) is 0 Å². The van der Waals surface area contributed by atoms with Gasteiger partial charge >= 0.3 is 5.97 Å². The minimum atomic E-state index is -0.946. The summed E-state index contributed by atoms with van der Waals surface area (Å²) in [6, 6.07) is 1.34. The monoisotopic (exact) mass is 285 g/mol. The quantitative estimate of drug-likeness (QED) is 0.489. The third-order valence-corrected chi connectivity index (χ3v) is 3.62. The van der Waals surface area contributed by atoms with Gasteiger partial charge < -0.3 is 15.4 Å². The molecule has 0 saturated carbocycles. The Kier molecular flexibility index (Phi) is 6.04. The highest BCUT2D eigenvalue weighted by atomic mass is 32.2. The summed E-state index contributed by atoms with van der Waals surface area (Å²) in [5, 5.41) is 12.8. The van der Waals surface area contributed by atoms with Crippen LogP contribution in [-0.4, -0.2) is 38.9 Å². The predicted molar refractivity (Wildman–Crippen MR) is 74.5 cm³/mol. The number of hydrogen-bond donors (Lipinski definition) is 3. The summed E-state index contributed by atoms with van der Waals surface area (Å²) in [5.41, 5.74) is -1.15. The number of nitrogens with one attached hydrogen (secondary N) is 2. The van der Waals surface area contributed by atoms with Crippen molar-refractivity contribution in [2.75, 3.05) is 12.3 Å². The molecule has 3 N–H and O–H groups in total. The number of thioether (sulfide) groups is 1. The summed E-state index contributed by atoms with van der Waals surface area (Å²) in [6.07, 6.45) is 2.77. The van der Waals surface area contributed by atoms with E-state index in [1.807, 2.05) is 6.92 Å². The molecule has 7 heteroatoms. The summed E-state index contributed by atoms with van der Waals surface area (Å²) < 4.78 is 0. The molecular formula is C12H19N3O3S. The lowest BCUT2D eigenvalue weighted by Crippen LogP contribution is -2.50. The van der Waals surface area contributed by atoms with Crippen molar-refractivity contribution in [2.24, 2.45) is 0 Å². The Morgan fingerprint density at radius 3 is 2.95 bits per heavy atom. The minimum absolute atomic E-state index is 0.206. The molecule has 0 aliphatic rings. The number of nitrogens with zero attached hydrogens (tertiary/aromatic N) is 1. The van der Waals surface area contributed by atoms with Crippen molar-refractivity contribution in [3.05, 3.63) is 22.6 Å². The van der Waals surface area contributed by atoms with Gasteiger partial charge in [-0.15, -0.1) is 0 Å². The van der Waals surface area contributed by atoms with Crippen LogP contribution >= 0.6 is 11.8 Å². The third kappa shape index (κ3) is 5.04. The number of rotatable bonds is 8. The van der Waals surface area contributed by atoms with Crippen molar-refractivity contribution in [3.63, 3.8) is 0 Å². The first-order chi connectivity index (χ1) is 8.98. The van der Waals surface area contributed by atoms with Crippen molar-refractivity contribution in [1.82, 2.24) is 15.3 Å². The molecule has 1 unspecified atom stereocenters. The van der Waals surface area contributed by atoms with E-state index in [-0.39, 0.29) is 5.56 Å². The molecule has 106 valence electrons. The minimum Gasteiger partial charge on any atom is -0.480 e. The summed E-state index contributed by atoms with van der Waals surface area (Å²) in [5.74, 6) is -0.303. The van der Waals surface area contributed by atoms with Crippen LogP contribution in [0.15, 0.2) is 22.2 Å². The van der Waals surface area contributed by atoms with E-state index in [0.717, 1.165) is 6.42 Å². The van der Waals surface area contributed by atoms with Gasteiger partial charge in [0.2, 0.25) is 0 Å². The van der Waals surface area contributed by atoms with E-state index < -0.39 is 11.5 Å². The van der Waals surface area contributed by atoms with Crippen LogP contribution in [0.4, 0.5) is 0 Å². The van der Waals surface area contributed by atoms with Crippen LogP contribution in [0, 0.1) is 0 Å². The first-order valence-electron chi connectivity index (χ1n) is 6.14. The molecule has 1 aromatic heterocycles. The number of carboxylic acid groups (broad SMARTS) is 1. The average Bonchev–Trinajstić information content (AvgIpc) is 2.36. The molecule has 19 heavy (non-hydrogen) atoms. The van der Waals surface area contributed by atoms with E-state index in [1.54, 1.807) is 6.92 Å². The van der Waals surface area contributed by atoms with Crippen LogP contribution in [0.1, 0.15) is 26.7 Å². The highest BCUT2D eigenvalue weighted by molar-refractivity contribution is 7.99. The number of carbonyl (C=O) groups is 1. The Morgan fingerprint density at radius 2 is 2.37 bits per heavy atom. The van der Waals surface area contributed by atoms with E-state index in [2.05, 4.69) is 15.3 Å². The van der Waals surface area contributed by atoms with Crippen LogP contribution in [0.3, 0.4) is 0 Å². The van der Waals surface area contributed by atoms with Crippen molar-refractivity contribution >= 4 is 17.7 Å². The zero-order chi connectivity index (χ0) is 14.3. The van der Waals surface area contributed by atoms with Crippen LogP contribution in [0.25, 0.3) is 0 Å². The van der Waals surface area contributed by atoms with Crippen LogP contribution in [-0.2, 0) is 4.79 Å². The lowest BCUT2D eigenvalue weighted by atomic mass is 9.99. The second-order valence-electron chi connectivity index (χ2n) is 4.40. The molecular weight excluding hydrogens is 266 g/mol. The van der Waals surface area contributed by atoms with Gasteiger partial charge in [-0.2, -0.15) is 0 Å². The average molecular weight is 285 g/mol. The first kappa shape index (κ1) is 15.7. The number of hydrogen-bond acceptors (Lipinski definition) is 5. The van der Waals surface area contributed by atoms with E-state index in [0.29, 0.717) is 23.9 Å². The standard InChI is InChI=1S/C12H19N3O3S/c1-3-6-14-12(2,10(17)18)5-8-19-11-13-7-4-9(16)15-11/h4,7,14H,3,5-6,8H2,1-2H3,(H,17,18)(H,13,15,16). The Hall–Kier alpha value is -1.34. The molecule has 0 aliphatic carbocycles. The molecule has 0 amide bonds. The van der Waals surface area contributed by atoms with E-state index >= 15 is 0 Å². The number of carboxylic acids is 1. The SMILES string of the molecule is CCCNC(C)(CCSc1nccc(=O)[nH]1)C(=O)O. The topological polar surface area (TPSA) is 95.1 Å². The van der Waals surface area contributed by atoms with Crippen molar-refractivity contribution < 1.29 is 9.90 Å². The summed E-state index contributed by atoms with van der Waals surface area (Å²) in [4.78, 5) is 29.0. The van der Waals surface area contributed by atoms with Crippen molar-refractivity contribution in [1.29, 1.82) is 0 Å². The molecule has 0 aromatic carbocycles. The highest BCUT2D eigenvalue weighted by Crippen LogP contribution is 2.18. The van der Waals surface area contributed by atoms with Crippen LogP contribution < -0.4 is 10.9 Å². The fourth-order valence-corrected chi connectivity index (χ4v) is 2.46. The van der Waals surface area contributed by atoms with E-state index in [9.17, 15) is 14.7 Å². The van der Waals surface area contributed by atoms with Gasteiger partial charge in [-0.05, 0) is 26.3 Å². The van der Waals surface area contributed by atoms with Gasteiger partial charge in [-0.1, -0.05) is 18.7 Å². The maximum Gasteiger partial charge on any atom is 0.323 e. The van der Waals surface area contributed by atoms with Gasteiger partial charge in [0.15, 0.2) is 5.16 Å². The van der Waals surface area contributed by atoms with E-state index in [4.69, 9.17) is 0 Å². The van der Waals surface area contributed by atoms with Gasteiger partial charge in [-0.3, -0.25) is 9.59 Å². The normalized spacial score (nSPS) is 14.0. The molecule has 1 atom stereocenters. The number of aliphatic carboxylic acids is 1. The second kappa shape index (κ2) is 7.30. The molecule has 0 bridgehead atoms. The lowest BCUT2D eigenvalue weighted by molar-refractivity contribution is -0.144. The largest absolute Gasteiger partial charge is 0.480 e. The second-order valence-corrected chi connectivity index (χ2v) is 5.49. The van der Waals surface area contributed by atoms with Crippen molar-refractivity contribution in [2.45, 2.75) is 37.4 Å². The molecule has 1 heterocycles. The molecule has 0 radical (unpaired) electrons. The van der Waals surface area contributed by atoms with E-state index in [1.165, 1.54) is 24.0 Å². The Balaban J connectivity index is 2.53. The molecule has 6 nitrogen and oxygen atoms in total. The van der Waals surface area contributed by atoms with Crippen LogP contribution in [0.2, 0.25) is 0 Å². The summed E-state index contributed by atoms with van der Waals surface area (Å²) in [7, 11) is 0. The Bertz CT molecular complexity index is 477. The first-order valence-corrected chi connectivity index (χ1v) is 7.13. The summed E-state index contributed by atoms with van der Waals surface area (Å²) >= 11 is 1.34. The maximum absolute atomic E-state index is 11.3. The zero-order valence-corrected chi connectivity index (χ0v) is 11.9. The lowest BCUT2D eigenvalue weighted by Gasteiger charge is -2.25. The van der Waals surface area contributed by atoms with Gasteiger partial charge in [0.1, 0.15) is 5.54 Å². The highest BCUT2D eigenvalue weighted by Gasteiger charge is 2.31. The number of aromatic nitrogens is 2. The Morgan fingerprint density at radius 1 is 1.63 bits per heavy atom. The molecule has 0 aliphatic heterocycles. The fraction of sp³-hybridized carbons (Fsp3) is 0.583. The zero-order valence-electron chi connectivity index (χ0n) is 11.1. The van der Waals surface area contributed by atoms with Gasteiger partial charge in [-0.25, -0.2) is 4.98 Å². The molecule has 0 saturated heterocycles. The number of aromatic amines is 1. The molecule has 1 rings (SSSR count). The Labute approximate surface area is 116 Å². The van der Waals surface area contributed by atoms with Gasteiger partial charge in [0.25, 0.3) is 5.56 Å². The molecule has 0 fully saturated rings.